The lowest BCUT2D eigenvalue weighted by molar-refractivity contribution is 0.660. The maximum atomic E-state index is 2.46. The molecule has 2 heterocycles. The predicted octanol–water partition coefficient (Wildman–Crippen LogP) is 17.0. The first-order valence-corrected chi connectivity index (χ1v) is 22.8. The second-order valence-electron chi connectivity index (χ2n) is 18.5. The number of rotatable bonds is 4. The molecule has 1 aliphatic rings. The molecule has 0 radical (unpaired) electrons. The van der Waals surface area contributed by atoms with Crippen molar-refractivity contribution in [1.29, 1.82) is 0 Å². The topological polar surface area (TPSA) is 9.86 Å². The molecule has 2 aromatic heterocycles. The summed E-state index contributed by atoms with van der Waals surface area (Å²) in [6.45, 7) is 4.72. The number of fused-ring (bicyclic) bond motifs is 15. The monoisotopic (exact) mass is 826 g/mol. The molecule has 0 spiro atoms. The van der Waals surface area contributed by atoms with Gasteiger partial charge in [-0.3, -0.25) is 0 Å². The molecule has 13 aromatic rings. The molecule has 304 valence electrons. The van der Waals surface area contributed by atoms with E-state index in [9.17, 15) is 0 Å². The molecule has 0 aliphatic heterocycles. The minimum atomic E-state index is -0.0680. The Bertz CT molecular complexity index is 4120. The van der Waals surface area contributed by atoms with Gasteiger partial charge < -0.3 is 9.13 Å². The van der Waals surface area contributed by atoms with Crippen LogP contribution >= 0.6 is 0 Å². The highest BCUT2D eigenvalue weighted by Crippen LogP contribution is 2.50. The van der Waals surface area contributed by atoms with Crippen molar-refractivity contribution >= 4 is 75.9 Å². The van der Waals surface area contributed by atoms with Crippen molar-refractivity contribution in [3.8, 4) is 44.8 Å². The van der Waals surface area contributed by atoms with Crippen LogP contribution in [0.25, 0.3) is 121 Å². The van der Waals surface area contributed by atoms with Crippen LogP contribution in [-0.2, 0) is 5.41 Å². The van der Waals surface area contributed by atoms with Crippen LogP contribution in [0.15, 0.2) is 218 Å². The van der Waals surface area contributed by atoms with E-state index >= 15 is 0 Å². The van der Waals surface area contributed by atoms with Gasteiger partial charge in [0.05, 0.1) is 22.1 Å². The molecule has 0 unspecified atom stereocenters. The fourth-order valence-corrected chi connectivity index (χ4v) is 11.6. The third-order valence-electron chi connectivity index (χ3n) is 14.7. The zero-order chi connectivity index (χ0) is 43.0. The summed E-state index contributed by atoms with van der Waals surface area (Å²) in [6, 6.07) is 81.4. The Labute approximate surface area is 376 Å². The lowest BCUT2D eigenvalue weighted by Gasteiger charge is -2.22. The Kier molecular flexibility index (Phi) is 7.49. The van der Waals surface area contributed by atoms with Crippen molar-refractivity contribution in [2.75, 3.05) is 0 Å². The smallest absolute Gasteiger partial charge is 0.0541 e. The summed E-state index contributed by atoms with van der Waals surface area (Å²) in [5, 5.41) is 12.8. The largest absolute Gasteiger partial charge is 0.309 e. The average molecular weight is 827 g/mol. The second-order valence-corrected chi connectivity index (χ2v) is 18.5. The van der Waals surface area contributed by atoms with E-state index in [1.807, 2.05) is 0 Å². The molecule has 0 atom stereocenters. The van der Waals surface area contributed by atoms with Crippen LogP contribution in [0.4, 0.5) is 0 Å². The Morgan fingerprint density at radius 2 is 0.692 bits per heavy atom. The molecular formula is C63H42N2. The molecular weight excluding hydrogens is 785 g/mol. The highest BCUT2D eigenvalue weighted by molar-refractivity contribution is 6.26. The van der Waals surface area contributed by atoms with Gasteiger partial charge in [-0.05, 0) is 144 Å². The van der Waals surface area contributed by atoms with Crippen molar-refractivity contribution < 1.29 is 0 Å². The van der Waals surface area contributed by atoms with Gasteiger partial charge in [0.1, 0.15) is 0 Å². The summed E-state index contributed by atoms with van der Waals surface area (Å²) in [4.78, 5) is 0. The zero-order valence-electron chi connectivity index (χ0n) is 36.2. The first-order chi connectivity index (χ1) is 32.0. The van der Waals surface area contributed by atoms with E-state index in [1.165, 1.54) is 126 Å². The van der Waals surface area contributed by atoms with Crippen molar-refractivity contribution in [2.24, 2.45) is 0 Å². The van der Waals surface area contributed by atoms with Gasteiger partial charge in [0, 0.05) is 38.3 Å². The number of aromatic nitrogens is 2. The zero-order valence-corrected chi connectivity index (χ0v) is 36.2. The number of nitrogens with zero attached hydrogens (tertiary/aromatic N) is 2. The Hall–Kier alpha value is -8.20. The molecule has 0 N–H and O–H groups in total. The van der Waals surface area contributed by atoms with Crippen molar-refractivity contribution in [3.05, 3.63) is 230 Å². The van der Waals surface area contributed by atoms with Gasteiger partial charge in [-0.15, -0.1) is 0 Å². The van der Waals surface area contributed by atoms with E-state index in [1.54, 1.807) is 0 Å². The van der Waals surface area contributed by atoms with Crippen LogP contribution in [0.3, 0.4) is 0 Å². The van der Waals surface area contributed by atoms with Gasteiger partial charge in [0.15, 0.2) is 0 Å². The molecule has 1 aliphatic carbocycles. The summed E-state index contributed by atoms with van der Waals surface area (Å²) in [5.41, 5.74) is 17.4. The first-order valence-electron chi connectivity index (χ1n) is 22.8. The van der Waals surface area contributed by atoms with Crippen LogP contribution in [0.2, 0.25) is 0 Å². The highest BCUT2D eigenvalue weighted by Gasteiger charge is 2.35. The molecule has 11 aromatic carbocycles. The Morgan fingerprint density at radius 3 is 1.31 bits per heavy atom. The summed E-state index contributed by atoms with van der Waals surface area (Å²) in [7, 11) is 0. The third kappa shape index (κ3) is 5.17. The first kappa shape index (κ1) is 36.3. The normalized spacial score (nSPS) is 13.2. The average Bonchev–Trinajstić information content (AvgIpc) is 3.96. The molecule has 14 rings (SSSR count). The Morgan fingerprint density at radius 1 is 0.262 bits per heavy atom. The standard InChI is InChI=1S/C63H42N2/c1-63(2)57-23-10-7-20-50(57)51-31-29-44(38-58(51)63)65-60-25-12-9-22-53(60)56-37-42(28-33-62(56)65)41-27-32-61-55(36-41)52-21-8-11-24-59(52)64(61)43-15-13-14-39(34-43)40-26-30-49-47-18-4-3-16-45(47)46-17-5-6-19-48(46)54(49)35-40/h3-38H,1-2H3. The lowest BCUT2D eigenvalue weighted by atomic mass is 9.82. The van der Waals surface area contributed by atoms with Crippen molar-refractivity contribution in [3.63, 3.8) is 0 Å². The molecule has 0 amide bonds. The number of hydrogen-bond donors (Lipinski definition) is 0. The van der Waals surface area contributed by atoms with E-state index < -0.39 is 0 Å². The van der Waals surface area contributed by atoms with Crippen LogP contribution in [0.1, 0.15) is 25.0 Å². The second kappa shape index (κ2) is 13.4. The molecule has 0 saturated carbocycles. The number of para-hydroxylation sites is 2. The molecule has 2 heteroatoms. The van der Waals surface area contributed by atoms with E-state index in [0.717, 1.165) is 5.69 Å². The summed E-state index contributed by atoms with van der Waals surface area (Å²) >= 11 is 0. The fourth-order valence-electron chi connectivity index (χ4n) is 11.6. The van der Waals surface area contributed by atoms with Gasteiger partial charge in [0.2, 0.25) is 0 Å². The van der Waals surface area contributed by atoms with Gasteiger partial charge in [-0.1, -0.05) is 166 Å². The fraction of sp³-hybridized carbons (Fsp3) is 0.0476. The molecule has 2 nitrogen and oxygen atoms in total. The van der Waals surface area contributed by atoms with Gasteiger partial charge >= 0.3 is 0 Å². The summed E-state index contributed by atoms with van der Waals surface area (Å²) in [6.07, 6.45) is 0. The summed E-state index contributed by atoms with van der Waals surface area (Å²) < 4.78 is 4.90. The molecule has 0 fully saturated rings. The van der Waals surface area contributed by atoms with E-state index in [-0.39, 0.29) is 5.41 Å². The molecule has 0 bridgehead atoms. The van der Waals surface area contributed by atoms with Crippen molar-refractivity contribution in [1.82, 2.24) is 9.13 Å². The highest BCUT2D eigenvalue weighted by atomic mass is 15.0. The minimum Gasteiger partial charge on any atom is -0.309 e. The number of hydrogen-bond acceptors (Lipinski definition) is 0. The van der Waals surface area contributed by atoms with E-state index in [2.05, 4.69) is 241 Å². The maximum absolute atomic E-state index is 2.46. The van der Waals surface area contributed by atoms with Crippen LogP contribution in [-0.4, -0.2) is 9.13 Å². The minimum absolute atomic E-state index is 0.0680. The number of benzene rings is 11. The third-order valence-corrected chi connectivity index (χ3v) is 14.7. The molecule has 65 heavy (non-hydrogen) atoms. The quantitative estimate of drug-likeness (QED) is 0.156. The maximum Gasteiger partial charge on any atom is 0.0541 e. The summed E-state index contributed by atoms with van der Waals surface area (Å²) in [5.74, 6) is 0. The Balaban J connectivity index is 0.883. The van der Waals surface area contributed by atoms with Crippen LogP contribution in [0.5, 0.6) is 0 Å². The van der Waals surface area contributed by atoms with E-state index in [0.29, 0.717) is 0 Å². The lowest BCUT2D eigenvalue weighted by Crippen LogP contribution is -2.15. The van der Waals surface area contributed by atoms with Crippen LogP contribution < -0.4 is 0 Å². The van der Waals surface area contributed by atoms with E-state index in [4.69, 9.17) is 0 Å². The van der Waals surface area contributed by atoms with Crippen LogP contribution in [0, 0.1) is 0 Å². The SMILES string of the molecule is CC1(C)c2ccccc2-c2ccc(-n3c4ccccc4c4cc(-c5ccc6c(c5)c5ccccc5n6-c5cccc(-c6ccc7c8ccccc8c8ccccc8c7c6)c5)ccc43)cc21. The van der Waals surface area contributed by atoms with Crippen molar-refractivity contribution in [2.45, 2.75) is 19.3 Å². The van der Waals surface area contributed by atoms with Gasteiger partial charge in [-0.25, -0.2) is 0 Å². The predicted molar refractivity (Wildman–Crippen MR) is 276 cm³/mol. The van der Waals surface area contributed by atoms with Gasteiger partial charge in [-0.2, -0.15) is 0 Å². The van der Waals surface area contributed by atoms with Gasteiger partial charge in [0.25, 0.3) is 0 Å². The molecule has 0 saturated heterocycles.